The first-order valence-electron chi connectivity index (χ1n) is 8.74. The van der Waals surface area contributed by atoms with Gasteiger partial charge in [-0.1, -0.05) is 11.6 Å². The van der Waals surface area contributed by atoms with Crippen LogP contribution in [0.4, 0.5) is 0 Å². The van der Waals surface area contributed by atoms with Crippen molar-refractivity contribution in [3.05, 3.63) is 21.3 Å². The fraction of sp³-hybridized carbons (Fsp3) is 0.625. The van der Waals surface area contributed by atoms with Crippen molar-refractivity contribution in [2.24, 2.45) is 4.99 Å². The number of amides is 1. The average Bonchev–Trinajstić information content (AvgIpc) is 3.17. The summed E-state index contributed by atoms with van der Waals surface area (Å²) in [5.41, 5.74) is 0. The molecular weight excluding hydrogens is 539 g/mol. The number of hydrogen-bond donors (Lipinski definition) is 4. The van der Waals surface area contributed by atoms with E-state index < -0.39 is 15.9 Å². The van der Waals surface area contributed by atoms with Crippen LogP contribution in [0.25, 0.3) is 0 Å². The van der Waals surface area contributed by atoms with E-state index >= 15 is 0 Å². The number of nitrogens with one attached hydrogen (secondary N) is 3. The lowest BCUT2D eigenvalue weighted by atomic mass is 10.2. The van der Waals surface area contributed by atoms with E-state index in [0.29, 0.717) is 29.8 Å². The van der Waals surface area contributed by atoms with Crippen LogP contribution in [-0.2, 0) is 14.6 Å². The Bertz CT molecular complexity index is 772. The molecule has 12 heteroatoms. The number of rotatable bonds is 8. The lowest BCUT2D eigenvalue weighted by molar-refractivity contribution is -0.121. The monoisotopic (exact) mass is 564 g/mol. The smallest absolute Gasteiger partial charge is 0.222 e. The molecule has 4 N–H and O–H groups in total. The number of aliphatic imine (C=N–C) groups is 1. The number of halogens is 2. The molecule has 0 saturated carbocycles. The summed E-state index contributed by atoms with van der Waals surface area (Å²) in [5, 5.41) is 19.0. The van der Waals surface area contributed by atoms with Gasteiger partial charge in [0.25, 0.3) is 0 Å². The predicted octanol–water partition coefficient (Wildman–Crippen LogP) is 1.30. The van der Waals surface area contributed by atoms with Crippen molar-refractivity contribution in [2.75, 3.05) is 31.1 Å². The van der Waals surface area contributed by atoms with Crippen LogP contribution in [-0.4, -0.2) is 62.6 Å². The van der Waals surface area contributed by atoms with Gasteiger partial charge in [-0.05, 0) is 25.5 Å². The highest BCUT2D eigenvalue weighted by Crippen LogP contribution is 2.26. The highest BCUT2D eigenvalue weighted by Gasteiger charge is 2.28. The molecule has 1 aliphatic rings. The van der Waals surface area contributed by atoms with Crippen LogP contribution in [0, 0.1) is 0 Å². The van der Waals surface area contributed by atoms with E-state index in [1.807, 2.05) is 6.92 Å². The topological polar surface area (TPSA) is 120 Å². The van der Waals surface area contributed by atoms with Crippen molar-refractivity contribution in [3.8, 4) is 0 Å². The SMILES string of the molecule is CCNC(=NCC(O)c1ccc(Cl)s1)NCCC(=O)NC1CCS(=O)(=O)C1.I. The Hall–Kier alpha value is -0.630. The van der Waals surface area contributed by atoms with Crippen molar-refractivity contribution < 1.29 is 18.3 Å². The second-order valence-corrected chi connectivity index (χ2v) is 10.2. The van der Waals surface area contributed by atoms with Gasteiger partial charge in [0.2, 0.25) is 5.91 Å². The first-order chi connectivity index (χ1) is 12.8. The summed E-state index contributed by atoms with van der Waals surface area (Å²) < 4.78 is 23.4. The highest BCUT2D eigenvalue weighted by molar-refractivity contribution is 14.0. The molecule has 0 spiro atoms. The van der Waals surface area contributed by atoms with Gasteiger partial charge in [-0.2, -0.15) is 0 Å². The zero-order valence-corrected chi connectivity index (χ0v) is 20.2. The van der Waals surface area contributed by atoms with Crippen molar-refractivity contribution in [3.63, 3.8) is 0 Å². The predicted molar refractivity (Wildman–Crippen MR) is 124 cm³/mol. The molecule has 0 aliphatic carbocycles. The van der Waals surface area contributed by atoms with E-state index in [9.17, 15) is 18.3 Å². The lowest BCUT2D eigenvalue weighted by Crippen LogP contribution is -2.41. The molecule has 1 saturated heterocycles. The Balaban J connectivity index is 0.00000392. The molecule has 0 bridgehead atoms. The second-order valence-electron chi connectivity index (χ2n) is 6.22. The zero-order valence-electron chi connectivity index (χ0n) is 15.5. The van der Waals surface area contributed by atoms with E-state index in [1.165, 1.54) is 11.3 Å². The second kappa shape index (κ2) is 12.2. The third kappa shape index (κ3) is 8.80. The first kappa shape index (κ1) is 25.4. The molecule has 1 fully saturated rings. The number of carbonyl (C=O) groups is 1. The van der Waals surface area contributed by atoms with Gasteiger partial charge in [-0.3, -0.25) is 9.79 Å². The van der Waals surface area contributed by atoms with Crippen LogP contribution in [0.1, 0.15) is 30.7 Å². The quantitative estimate of drug-likeness (QED) is 0.215. The number of hydrogen-bond acceptors (Lipinski definition) is 6. The van der Waals surface area contributed by atoms with Gasteiger partial charge in [0.1, 0.15) is 6.10 Å². The van der Waals surface area contributed by atoms with E-state index in [0.717, 1.165) is 4.88 Å². The summed E-state index contributed by atoms with van der Waals surface area (Å²) in [4.78, 5) is 17.0. The minimum absolute atomic E-state index is 0. The summed E-state index contributed by atoms with van der Waals surface area (Å²) in [6, 6.07) is 3.20. The molecule has 160 valence electrons. The minimum Gasteiger partial charge on any atom is -0.386 e. The fourth-order valence-corrected chi connectivity index (χ4v) is 5.33. The third-order valence-electron chi connectivity index (χ3n) is 3.93. The average molecular weight is 565 g/mol. The molecule has 1 aromatic rings. The van der Waals surface area contributed by atoms with Gasteiger partial charge in [0.15, 0.2) is 15.8 Å². The highest BCUT2D eigenvalue weighted by atomic mass is 127. The van der Waals surface area contributed by atoms with Crippen LogP contribution >= 0.6 is 46.9 Å². The van der Waals surface area contributed by atoms with Crippen molar-refractivity contribution >= 4 is 68.6 Å². The maximum Gasteiger partial charge on any atom is 0.222 e. The summed E-state index contributed by atoms with van der Waals surface area (Å²) >= 11 is 7.17. The van der Waals surface area contributed by atoms with Crippen molar-refractivity contribution in [2.45, 2.75) is 31.9 Å². The van der Waals surface area contributed by atoms with Gasteiger partial charge in [-0.25, -0.2) is 8.42 Å². The maximum absolute atomic E-state index is 11.9. The molecule has 1 amide bonds. The summed E-state index contributed by atoms with van der Waals surface area (Å²) in [6.45, 7) is 3.06. The Morgan fingerprint density at radius 3 is 2.75 bits per heavy atom. The summed E-state index contributed by atoms with van der Waals surface area (Å²) in [6.07, 6.45) is -0.0779. The van der Waals surface area contributed by atoms with Gasteiger partial charge < -0.3 is 21.1 Å². The standard InChI is InChI=1S/C16H25ClN4O4S2.HI/c1-2-18-16(20-9-12(22)13-3-4-14(17)26-13)19-7-5-15(23)21-11-6-8-27(24,25)10-11;/h3-4,11-12,22H,2,5-10H2,1H3,(H,21,23)(H2,18,19,20);1H. The van der Waals surface area contributed by atoms with Crippen molar-refractivity contribution in [1.82, 2.24) is 16.0 Å². The Morgan fingerprint density at radius 1 is 1.43 bits per heavy atom. The molecule has 1 aliphatic heterocycles. The first-order valence-corrected chi connectivity index (χ1v) is 11.8. The van der Waals surface area contributed by atoms with Crippen LogP contribution in [0.3, 0.4) is 0 Å². The van der Waals surface area contributed by atoms with Gasteiger partial charge >= 0.3 is 0 Å². The lowest BCUT2D eigenvalue weighted by Gasteiger charge is -2.14. The number of thiophene rings is 1. The molecule has 2 heterocycles. The molecule has 28 heavy (non-hydrogen) atoms. The maximum atomic E-state index is 11.9. The Kier molecular flexibility index (Phi) is 11.0. The molecule has 8 nitrogen and oxygen atoms in total. The third-order valence-corrected chi connectivity index (χ3v) is 7.03. The minimum atomic E-state index is -3.01. The molecule has 2 atom stereocenters. The molecule has 0 radical (unpaired) electrons. The largest absolute Gasteiger partial charge is 0.386 e. The Morgan fingerprint density at radius 2 is 2.18 bits per heavy atom. The van der Waals surface area contributed by atoms with Gasteiger partial charge in [0, 0.05) is 30.4 Å². The van der Waals surface area contributed by atoms with Crippen LogP contribution < -0.4 is 16.0 Å². The molecule has 1 aromatic heterocycles. The van der Waals surface area contributed by atoms with E-state index in [1.54, 1.807) is 12.1 Å². The number of sulfone groups is 1. The van der Waals surface area contributed by atoms with Crippen LogP contribution in [0.15, 0.2) is 17.1 Å². The normalized spacial score (nSPS) is 19.5. The molecule has 2 rings (SSSR count). The number of guanidine groups is 1. The molecule has 2 unspecified atom stereocenters. The number of nitrogens with zero attached hydrogens (tertiary/aromatic N) is 1. The molecular formula is C16H26ClIN4O4S2. The van der Waals surface area contributed by atoms with Crippen molar-refractivity contribution in [1.29, 1.82) is 0 Å². The van der Waals surface area contributed by atoms with Gasteiger partial charge in [0.05, 0.1) is 22.4 Å². The van der Waals surface area contributed by atoms with E-state index in [2.05, 4.69) is 20.9 Å². The Labute approximate surface area is 191 Å². The number of aliphatic hydroxyl groups is 1. The van der Waals surface area contributed by atoms with Gasteiger partial charge in [-0.15, -0.1) is 35.3 Å². The summed E-state index contributed by atoms with van der Waals surface area (Å²) in [7, 11) is -3.01. The van der Waals surface area contributed by atoms with E-state index in [-0.39, 0.29) is 60.4 Å². The van der Waals surface area contributed by atoms with Crippen LogP contribution in [0.5, 0.6) is 0 Å². The number of aliphatic hydroxyl groups excluding tert-OH is 1. The zero-order chi connectivity index (χ0) is 19.9. The van der Waals surface area contributed by atoms with Crippen LogP contribution in [0.2, 0.25) is 4.34 Å². The van der Waals surface area contributed by atoms with E-state index in [4.69, 9.17) is 11.6 Å². The fourth-order valence-electron chi connectivity index (χ4n) is 2.62. The molecule has 0 aromatic carbocycles. The summed E-state index contributed by atoms with van der Waals surface area (Å²) in [5.74, 6) is 0.440. The number of carbonyl (C=O) groups excluding carboxylic acids is 1.